The highest BCUT2D eigenvalue weighted by molar-refractivity contribution is 9.10. The van der Waals surface area contributed by atoms with Crippen LogP contribution in [0.4, 0.5) is 0 Å². The Morgan fingerprint density at radius 3 is 2.60 bits per heavy atom. The first-order valence-corrected chi connectivity index (χ1v) is 6.75. The highest BCUT2D eigenvalue weighted by atomic mass is 79.9. The summed E-state index contributed by atoms with van der Waals surface area (Å²) in [4.78, 5) is 11.7. The molecule has 6 nitrogen and oxygen atoms in total. The Bertz CT molecular complexity index is 468. The number of ether oxygens (including phenoxy) is 3. The number of methoxy groups -OCH3 is 3. The lowest BCUT2D eigenvalue weighted by molar-refractivity contribution is -0.123. The Morgan fingerprint density at radius 2 is 2.05 bits per heavy atom. The van der Waals surface area contributed by atoms with E-state index in [9.17, 15) is 4.79 Å². The smallest absolute Gasteiger partial charge is 0.239 e. The van der Waals surface area contributed by atoms with Crippen molar-refractivity contribution in [2.75, 3.05) is 27.9 Å². The van der Waals surface area contributed by atoms with E-state index in [2.05, 4.69) is 21.2 Å². The maximum Gasteiger partial charge on any atom is 0.239 e. The average molecular weight is 347 g/mol. The minimum absolute atomic E-state index is 0.182. The largest absolute Gasteiger partial charge is 0.493 e. The van der Waals surface area contributed by atoms with Crippen molar-refractivity contribution in [3.05, 3.63) is 22.2 Å². The second-order valence-electron chi connectivity index (χ2n) is 4.09. The highest BCUT2D eigenvalue weighted by Gasteiger charge is 2.14. The summed E-state index contributed by atoms with van der Waals surface area (Å²) < 4.78 is 16.0. The first-order chi connectivity index (χ1) is 9.53. The standard InChI is InChI=1S/C13H19BrN2O4/c1-18-7-10(15)13(17)16-6-8-4-9(14)12(20-3)11(5-8)19-2/h4-5,10H,6-7,15H2,1-3H3,(H,16,17). The van der Waals surface area contributed by atoms with Crippen molar-refractivity contribution in [1.29, 1.82) is 0 Å². The predicted octanol–water partition coefficient (Wildman–Crippen LogP) is 1.06. The molecule has 1 aromatic carbocycles. The lowest BCUT2D eigenvalue weighted by Gasteiger charge is -2.14. The number of amides is 1. The average Bonchev–Trinajstić information content (AvgIpc) is 2.44. The Labute approximate surface area is 126 Å². The number of carbonyl (C=O) groups is 1. The summed E-state index contributed by atoms with van der Waals surface area (Å²) in [5.74, 6) is 0.934. The van der Waals surface area contributed by atoms with E-state index in [1.165, 1.54) is 7.11 Å². The van der Waals surface area contributed by atoms with E-state index in [4.69, 9.17) is 19.9 Å². The van der Waals surface area contributed by atoms with Crippen molar-refractivity contribution in [3.63, 3.8) is 0 Å². The lowest BCUT2D eigenvalue weighted by atomic mass is 10.2. The van der Waals surface area contributed by atoms with Gasteiger partial charge in [-0.1, -0.05) is 0 Å². The van der Waals surface area contributed by atoms with Gasteiger partial charge in [-0.15, -0.1) is 0 Å². The second-order valence-corrected chi connectivity index (χ2v) is 4.95. The normalized spacial score (nSPS) is 11.8. The van der Waals surface area contributed by atoms with E-state index >= 15 is 0 Å². The van der Waals surface area contributed by atoms with E-state index in [1.807, 2.05) is 6.07 Å². The molecule has 0 fully saturated rings. The van der Waals surface area contributed by atoms with Crippen LogP contribution in [-0.4, -0.2) is 39.9 Å². The van der Waals surface area contributed by atoms with Crippen molar-refractivity contribution < 1.29 is 19.0 Å². The van der Waals surface area contributed by atoms with E-state index < -0.39 is 6.04 Å². The molecule has 0 saturated heterocycles. The zero-order chi connectivity index (χ0) is 15.1. The molecule has 0 heterocycles. The zero-order valence-electron chi connectivity index (χ0n) is 11.7. The summed E-state index contributed by atoms with van der Waals surface area (Å²) in [6.45, 7) is 0.524. The summed E-state index contributed by atoms with van der Waals surface area (Å²) >= 11 is 3.40. The fraction of sp³-hybridized carbons (Fsp3) is 0.462. The molecule has 0 bridgehead atoms. The van der Waals surface area contributed by atoms with Gasteiger partial charge in [-0.3, -0.25) is 4.79 Å². The van der Waals surface area contributed by atoms with Crippen LogP contribution in [0.15, 0.2) is 16.6 Å². The van der Waals surface area contributed by atoms with Crippen LogP contribution in [0.25, 0.3) is 0 Å². The molecule has 0 spiro atoms. The molecule has 1 rings (SSSR count). The first kappa shape index (κ1) is 16.7. The summed E-state index contributed by atoms with van der Waals surface area (Å²) in [6, 6.07) is 2.97. The van der Waals surface area contributed by atoms with Gasteiger partial charge in [0.25, 0.3) is 0 Å². The summed E-state index contributed by atoms with van der Waals surface area (Å²) in [5.41, 5.74) is 6.50. The van der Waals surface area contributed by atoms with Crippen LogP contribution >= 0.6 is 15.9 Å². The predicted molar refractivity (Wildman–Crippen MR) is 78.9 cm³/mol. The van der Waals surface area contributed by atoms with Crippen LogP contribution in [0.5, 0.6) is 11.5 Å². The molecule has 0 aliphatic carbocycles. The molecule has 3 N–H and O–H groups in total. The number of hydrogen-bond acceptors (Lipinski definition) is 5. The number of nitrogens with two attached hydrogens (primary N) is 1. The Hall–Kier alpha value is -1.31. The molecular formula is C13H19BrN2O4. The lowest BCUT2D eigenvalue weighted by Crippen LogP contribution is -2.43. The number of nitrogens with one attached hydrogen (secondary N) is 1. The fourth-order valence-corrected chi connectivity index (χ4v) is 2.30. The number of hydrogen-bond donors (Lipinski definition) is 2. The zero-order valence-corrected chi connectivity index (χ0v) is 13.3. The third-order valence-electron chi connectivity index (χ3n) is 2.64. The minimum Gasteiger partial charge on any atom is -0.493 e. The van der Waals surface area contributed by atoms with Gasteiger partial charge in [-0.25, -0.2) is 0 Å². The van der Waals surface area contributed by atoms with E-state index in [-0.39, 0.29) is 12.5 Å². The molecule has 112 valence electrons. The van der Waals surface area contributed by atoms with Crippen LogP contribution in [0.2, 0.25) is 0 Å². The molecule has 1 aromatic rings. The molecule has 0 radical (unpaired) electrons. The van der Waals surface area contributed by atoms with Crippen molar-refractivity contribution >= 4 is 21.8 Å². The van der Waals surface area contributed by atoms with Gasteiger partial charge in [0.15, 0.2) is 11.5 Å². The molecule has 0 aromatic heterocycles. The number of benzene rings is 1. The van der Waals surface area contributed by atoms with Crippen LogP contribution < -0.4 is 20.5 Å². The molecule has 20 heavy (non-hydrogen) atoms. The quantitative estimate of drug-likeness (QED) is 0.771. The summed E-state index contributed by atoms with van der Waals surface area (Å²) in [7, 11) is 4.62. The minimum atomic E-state index is -0.677. The van der Waals surface area contributed by atoms with Gasteiger partial charge in [0.2, 0.25) is 5.91 Å². The Balaban J connectivity index is 2.74. The van der Waals surface area contributed by atoms with Crippen LogP contribution in [0.3, 0.4) is 0 Å². The van der Waals surface area contributed by atoms with Gasteiger partial charge < -0.3 is 25.3 Å². The second kappa shape index (κ2) is 8.08. The fourth-order valence-electron chi connectivity index (χ4n) is 1.65. The van der Waals surface area contributed by atoms with Gasteiger partial charge in [-0.05, 0) is 33.6 Å². The monoisotopic (exact) mass is 346 g/mol. The first-order valence-electron chi connectivity index (χ1n) is 5.96. The van der Waals surface area contributed by atoms with Crippen molar-refractivity contribution in [3.8, 4) is 11.5 Å². The molecule has 0 saturated carbocycles. The highest BCUT2D eigenvalue weighted by Crippen LogP contribution is 2.36. The molecule has 1 unspecified atom stereocenters. The van der Waals surface area contributed by atoms with Crippen LogP contribution in [0, 0.1) is 0 Å². The van der Waals surface area contributed by atoms with Crippen molar-refractivity contribution in [1.82, 2.24) is 5.32 Å². The van der Waals surface area contributed by atoms with Crippen LogP contribution in [0.1, 0.15) is 5.56 Å². The van der Waals surface area contributed by atoms with E-state index in [1.54, 1.807) is 20.3 Å². The summed E-state index contributed by atoms with van der Waals surface area (Å²) in [6.07, 6.45) is 0. The third-order valence-corrected chi connectivity index (χ3v) is 3.23. The molecule has 0 aliphatic rings. The molecule has 7 heteroatoms. The van der Waals surface area contributed by atoms with Crippen LogP contribution in [-0.2, 0) is 16.1 Å². The van der Waals surface area contributed by atoms with Crippen molar-refractivity contribution in [2.45, 2.75) is 12.6 Å². The Morgan fingerprint density at radius 1 is 1.35 bits per heavy atom. The van der Waals surface area contributed by atoms with Gasteiger partial charge in [0.05, 0.1) is 25.3 Å². The van der Waals surface area contributed by atoms with Crippen molar-refractivity contribution in [2.24, 2.45) is 5.73 Å². The Kier molecular flexibility index (Phi) is 6.77. The third kappa shape index (κ3) is 4.36. The van der Waals surface area contributed by atoms with Gasteiger partial charge in [0.1, 0.15) is 6.04 Å². The van der Waals surface area contributed by atoms with Gasteiger partial charge in [0, 0.05) is 13.7 Å². The van der Waals surface area contributed by atoms with E-state index in [0.29, 0.717) is 18.0 Å². The molecule has 0 aliphatic heterocycles. The van der Waals surface area contributed by atoms with Gasteiger partial charge >= 0.3 is 0 Å². The molecule has 1 atom stereocenters. The van der Waals surface area contributed by atoms with E-state index in [0.717, 1.165) is 10.0 Å². The van der Waals surface area contributed by atoms with Gasteiger partial charge in [-0.2, -0.15) is 0 Å². The number of halogens is 1. The number of carbonyl (C=O) groups excluding carboxylic acids is 1. The summed E-state index contributed by atoms with van der Waals surface area (Å²) in [5, 5.41) is 2.74. The molecule has 1 amide bonds. The number of rotatable bonds is 7. The molecular weight excluding hydrogens is 328 g/mol. The SMILES string of the molecule is COCC(N)C(=O)NCc1cc(Br)c(OC)c(OC)c1. The topological polar surface area (TPSA) is 82.8 Å². The maximum absolute atomic E-state index is 11.7. The maximum atomic E-state index is 11.7.